The van der Waals surface area contributed by atoms with Gasteiger partial charge in [0.25, 0.3) is 0 Å². The molecular formula is C17H18O3S. The number of hydrogen-bond acceptors (Lipinski definition) is 4. The smallest absolute Gasteiger partial charge is 0.309 e. The van der Waals surface area contributed by atoms with Gasteiger partial charge in [0.1, 0.15) is 12.4 Å². The Labute approximate surface area is 129 Å². The van der Waals surface area contributed by atoms with Gasteiger partial charge in [0.15, 0.2) is 0 Å². The Bertz CT molecular complexity index is 584. The van der Waals surface area contributed by atoms with E-state index in [0.29, 0.717) is 12.4 Å². The summed E-state index contributed by atoms with van der Waals surface area (Å²) in [5.74, 6) is 0.462. The molecule has 1 N–H and O–H groups in total. The summed E-state index contributed by atoms with van der Waals surface area (Å²) in [6.45, 7) is 2.16. The minimum Gasteiger partial charge on any atom is -0.508 e. The number of benzene rings is 2. The second-order valence-corrected chi connectivity index (χ2v) is 5.90. The molecule has 1 unspecified atom stereocenters. The number of aromatic hydroxyl groups is 1. The third-order valence-corrected chi connectivity index (χ3v) is 4.20. The van der Waals surface area contributed by atoms with Crippen molar-refractivity contribution in [3.8, 4) is 5.75 Å². The van der Waals surface area contributed by atoms with Crippen molar-refractivity contribution in [3.05, 3.63) is 60.2 Å². The van der Waals surface area contributed by atoms with Crippen LogP contribution in [0.15, 0.2) is 59.5 Å². The summed E-state index contributed by atoms with van der Waals surface area (Å²) < 4.78 is 5.30. The Morgan fingerprint density at radius 1 is 1.19 bits per heavy atom. The molecule has 0 aliphatic carbocycles. The molecule has 0 amide bonds. The van der Waals surface area contributed by atoms with E-state index in [9.17, 15) is 9.90 Å². The SMILES string of the molecule is CC(CSc1cccc(O)c1)C(=O)OCc1ccccc1. The Balaban J connectivity index is 1.77. The summed E-state index contributed by atoms with van der Waals surface area (Å²) in [6.07, 6.45) is 0. The summed E-state index contributed by atoms with van der Waals surface area (Å²) in [6, 6.07) is 16.6. The third kappa shape index (κ3) is 5.16. The van der Waals surface area contributed by atoms with Gasteiger partial charge in [-0.25, -0.2) is 0 Å². The Hall–Kier alpha value is -1.94. The lowest BCUT2D eigenvalue weighted by Gasteiger charge is -2.11. The zero-order valence-electron chi connectivity index (χ0n) is 11.9. The van der Waals surface area contributed by atoms with E-state index >= 15 is 0 Å². The molecule has 0 bridgehead atoms. The molecule has 0 heterocycles. The van der Waals surface area contributed by atoms with Gasteiger partial charge in [0.2, 0.25) is 0 Å². The van der Waals surface area contributed by atoms with Crippen LogP contribution in [0.5, 0.6) is 5.75 Å². The van der Waals surface area contributed by atoms with Crippen molar-refractivity contribution in [1.82, 2.24) is 0 Å². The molecule has 0 radical (unpaired) electrons. The lowest BCUT2D eigenvalue weighted by molar-refractivity contribution is -0.148. The summed E-state index contributed by atoms with van der Waals surface area (Å²) >= 11 is 1.53. The van der Waals surface area contributed by atoms with Gasteiger partial charge in [-0.2, -0.15) is 0 Å². The van der Waals surface area contributed by atoms with Gasteiger partial charge in [0, 0.05) is 10.6 Å². The molecule has 3 nitrogen and oxygen atoms in total. The second-order valence-electron chi connectivity index (χ2n) is 4.80. The van der Waals surface area contributed by atoms with Crippen molar-refractivity contribution in [1.29, 1.82) is 0 Å². The Morgan fingerprint density at radius 3 is 2.67 bits per heavy atom. The molecule has 2 rings (SSSR count). The number of phenols is 1. The minimum absolute atomic E-state index is 0.193. The number of esters is 1. The zero-order valence-corrected chi connectivity index (χ0v) is 12.7. The molecule has 0 aromatic heterocycles. The van der Waals surface area contributed by atoms with Crippen LogP contribution in [0, 0.1) is 5.92 Å². The monoisotopic (exact) mass is 302 g/mol. The first kappa shape index (κ1) is 15.4. The molecule has 110 valence electrons. The normalized spacial score (nSPS) is 11.9. The van der Waals surface area contributed by atoms with Crippen LogP contribution in [0.2, 0.25) is 0 Å². The molecule has 0 spiro atoms. The average molecular weight is 302 g/mol. The van der Waals surface area contributed by atoms with Crippen molar-refractivity contribution in [2.75, 3.05) is 5.75 Å². The molecule has 4 heteroatoms. The van der Waals surface area contributed by atoms with E-state index in [2.05, 4.69) is 0 Å². The molecular weight excluding hydrogens is 284 g/mol. The average Bonchev–Trinajstić information content (AvgIpc) is 2.51. The number of ether oxygens (including phenoxy) is 1. The van der Waals surface area contributed by atoms with Gasteiger partial charge in [-0.15, -0.1) is 11.8 Å². The lowest BCUT2D eigenvalue weighted by Crippen LogP contribution is -2.16. The van der Waals surface area contributed by atoms with Crippen LogP contribution in [0.3, 0.4) is 0 Å². The number of carbonyl (C=O) groups excluding carboxylic acids is 1. The molecule has 1 atom stereocenters. The van der Waals surface area contributed by atoms with E-state index in [1.54, 1.807) is 18.2 Å². The standard InChI is InChI=1S/C17H18O3S/c1-13(12-21-16-9-5-8-15(18)10-16)17(19)20-11-14-6-3-2-4-7-14/h2-10,13,18H,11-12H2,1H3. The first-order valence-electron chi connectivity index (χ1n) is 6.77. The maximum atomic E-state index is 11.9. The highest BCUT2D eigenvalue weighted by Crippen LogP contribution is 2.24. The lowest BCUT2D eigenvalue weighted by atomic mass is 10.2. The molecule has 0 saturated carbocycles. The van der Waals surface area contributed by atoms with Crippen LogP contribution in [0.4, 0.5) is 0 Å². The van der Waals surface area contributed by atoms with Crippen LogP contribution in [-0.2, 0) is 16.1 Å². The van der Waals surface area contributed by atoms with E-state index in [4.69, 9.17) is 4.74 Å². The largest absolute Gasteiger partial charge is 0.508 e. The number of thioether (sulfide) groups is 1. The molecule has 0 aliphatic heterocycles. The fourth-order valence-electron chi connectivity index (χ4n) is 1.73. The fraction of sp³-hybridized carbons (Fsp3) is 0.235. The van der Waals surface area contributed by atoms with Gasteiger partial charge in [0.05, 0.1) is 5.92 Å². The zero-order chi connectivity index (χ0) is 15.1. The summed E-state index contributed by atoms with van der Waals surface area (Å²) in [4.78, 5) is 12.9. The number of rotatable bonds is 6. The summed E-state index contributed by atoms with van der Waals surface area (Å²) in [5, 5.41) is 9.39. The van der Waals surface area contributed by atoms with Crippen molar-refractivity contribution < 1.29 is 14.6 Å². The van der Waals surface area contributed by atoms with Crippen LogP contribution in [0.1, 0.15) is 12.5 Å². The highest BCUT2D eigenvalue weighted by molar-refractivity contribution is 7.99. The topological polar surface area (TPSA) is 46.5 Å². The quantitative estimate of drug-likeness (QED) is 0.650. The van der Waals surface area contributed by atoms with E-state index in [1.807, 2.05) is 43.3 Å². The van der Waals surface area contributed by atoms with Gasteiger partial charge in [-0.3, -0.25) is 4.79 Å². The van der Waals surface area contributed by atoms with E-state index in [1.165, 1.54) is 11.8 Å². The van der Waals surface area contributed by atoms with Crippen LogP contribution < -0.4 is 0 Å². The maximum absolute atomic E-state index is 11.9. The summed E-state index contributed by atoms with van der Waals surface area (Å²) in [7, 11) is 0. The van der Waals surface area contributed by atoms with Gasteiger partial charge in [-0.05, 0) is 23.8 Å². The predicted octanol–water partition coefficient (Wildman–Crippen LogP) is 3.86. The highest BCUT2D eigenvalue weighted by atomic mass is 32.2. The molecule has 2 aromatic carbocycles. The van der Waals surface area contributed by atoms with Crippen molar-refractivity contribution in [3.63, 3.8) is 0 Å². The molecule has 0 aliphatic rings. The second kappa shape index (κ2) is 7.74. The Kier molecular flexibility index (Phi) is 5.69. The van der Waals surface area contributed by atoms with Crippen molar-refractivity contribution >= 4 is 17.7 Å². The van der Waals surface area contributed by atoms with E-state index in [0.717, 1.165) is 10.5 Å². The van der Waals surface area contributed by atoms with Gasteiger partial charge in [-0.1, -0.05) is 43.3 Å². The van der Waals surface area contributed by atoms with Crippen LogP contribution >= 0.6 is 11.8 Å². The molecule has 21 heavy (non-hydrogen) atoms. The van der Waals surface area contributed by atoms with E-state index in [-0.39, 0.29) is 17.6 Å². The van der Waals surface area contributed by atoms with Crippen LogP contribution in [-0.4, -0.2) is 16.8 Å². The third-order valence-electron chi connectivity index (χ3n) is 2.94. The van der Waals surface area contributed by atoms with Crippen molar-refractivity contribution in [2.45, 2.75) is 18.4 Å². The number of carbonyl (C=O) groups is 1. The molecule has 0 saturated heterocycles. The first-order valence-corrected chi connectivity index (χ1v) is 7.76. The summed E-state index contributed by atoms with van der Waals surface area (Å²) in [5.41, 5.74) is 0.985. The first-order chi connectivity index (χ1) is 10.1. The highest BCUT2D eigenvalue weighted by Gasteiger charge is 2.15. The van der Waals surface area contributed by atoms with Gasteiger partial charge < -0.3 is 9.84 Å². The minimum atomic E-state index is -0.202. The van der Waals surface area contributed by atoms with E-state index < -0.39 is 0 Å². The van der Waals surface area contributed by atoms with Crippen LogP contribution in [0.25, 0.3) is 0 Å². The fourth-order valence-corrected chi connectivity index (χ4v) is 2.69. The van der Waals surface area contributed by atoms with Gasteiger partial charge >= 0.3 is 5.97 Å². The predicted molar refractivity (Wildman–Crippen MR) is 84.2 cm³/mol. The maximum Gasteiger partial charge on any atom is 0.309 e. The van der Waals surface area contributed by atoms with Crippen molar-refractivity contribution in [2.24, 2.45) is 5.92 Å². The Morgan fingerprint density at radius 2 is 1.95 bits per heavy atom. The molecule has 2 aromatic rings. The number of phenolic OH excluding ortho intramolecular Hbond substituents is 1. The number of hydrogen-bond donors (Lipinski definition) is 1. The molecule has 0 fully saturated rings.